The Hall–Kier alpha value is 0.0800. The first-order chi connectivity index (χ1) is 4.20. The lowest BCUT2D eigenvalue weighted by atomic mass is 10.6. The van der Waals surface area contributed by atoms with Crippen molar-refractivity contribution in [2.75, 3.05) is 13.1 Å². The molecule has 0 fully saturated rings. The molecule has 0 unspecified atom stereocenters. The topological polar surface area (TPSA) is 110 Å². The second-order valence-electron chi connectivity index (χ2n) is 1.59. The average Bonchev–Trinajstić information content (AvgIpc) is 1.82. The zero-order valence-corrected chi connectivity index (χ0v) is 8.93. The summed E-state index contributed by atoms with van der Waals surface area (Å²) >= 11 is 8.64. The normalized spacial score (nSPS) is 7.33. The van der Waals surface area contributed by atoms with Crippen molar-refractivity contribution in [1.82, 2.24) is 10.4 Å². The molecule has 0 aliphatic carbocycles. The second-order valence-corrected chi connectivity index (χ2v) is 2.75. The van der Waals surface area contributed by atoms with Crippen LogP contribution in [0.2, 0.25) is 0 Å². The highest BCUT2D eigenvalue weighted by molar-refractivity contribution is 8.11. The molecule has 12 heavy (non-hydrogen) atoms. The van der Waals surface area contributed by atoms with E-state index in [1.807, 2.05) is 5.01 Å². The third-order valence-corrected chi connectivity index (χ3v) is 1.21. The predicted molar refractivity (Wildman–Crippen MR) is 58.5 cm³/mol. The van der Waals surface area contributed by atoms with E-state index in [0.717, 1.165) is 13.1 Å². The predicted octanol–water partition coefficient (Wildman–Crippen LogP) is -1.43. The van der Waals surface area contributed by atoms with Gasteiger partial charge in [0, 0.05) is 13.1 Å². The smallest absolute Gasteiger partial charge is 0.145 e. The molecule has 7 heteroatoms. The number of hydrogen-bond acceptors (Lipinski definition) is 2. The Morgan fingerprint density at radius 3 is 1.67 bits per heavy atom. The fourth-order valence-electron chi connectivity index (χ4n) is 0.517. The van der Waals surface area contributed by atoms with Crippen molar-refractivity contribution < 1.29 is 16.4 Å². The summed E-state index contributed by atoms with van der Waals surface area (Å²) in [4.78, 5) is 0. The van der Waals surface area contributed by atoms with Crippen LogP contribution in [0, 0.1) is 0 Å². The fraction of sp³-hybridized carbons (Fsp3) is 0.800. The fourth-order valence-corrected chi connectivity index (χ4v) is 0.788. The van der Waals surface area contributed by atoms with Crippen LogP contribution in [0.5, 0.6) is 0 Å². The average molecular weight is 218 g/mol. The van der Waals surface area contributed by atoms with Crippen LogP contribution in [0.25, 0.3) is 0 Å². The Labute approximate surface area is 83.4 Å². The van der Waals surface area contributed by atoms with Gasteiger partial charge in [0.15, 0.2) is 0 Å². The molecule has 7 N–H and O–H groups in total. The van der Waals surface area contributed by atoms with Gasteiger partial charge in [-0.3, -0.25) is 0 Å². The van der Waals surface area contributed by atoms with Gasteiger partial charge in [0.1, 0.15) is 4.32 Å². The monoisotopic (exact) mass is 218 g/mol. The quantitative estimate of drug-likeness (QED) is 0.344. The van der Waals surface area contributed by atoms with E-state index in [0.29, 0.717) is 4.32 Å². The summed E-state index contributed by atoms with van der Waals surface area (Å²) in [5, 5.41) is 1.98. The highest BCUT2D eigenvalue weighted by Crippen LogP contribution is 1.83. The Kier molecular flexibility index (Phi) is 25.8. The molecular formula is C5H18N2O3S2. The molecule has 0 aromatic rings. The summed E-state index contributed by atoms with van der Waals surface area (Å²) in [6.45, 7) is 6.00. The van der Waals surface area contributed by atoms with Gasteiger partial charge in [-0.05, 0) is 0 Å². The van der Waals surface area contributed by atoms with Crippen molar-refractivity contribution in [3.8, 4) is 0 Å². The number of rotatable bonds is 3. The van der Waals surface area contributed by atoms with Gasteiger partial charge < -0.3 is 21.9 Å². The third-order valence-electron chi connectivity index (χ3n) is 1.02. The zero-order chi connectivity index (χ0) is 7.28. The van der Waals surface area contributed by atoms with E-state index in [1.165, 1.54) is 0 Å². The van der Waals surface area contributed by atoms with Gasteiger partial charge in [0.25, 0.3) is 0 Å². The number of thiocarbonyl (C=S) groups is 1. The Morgan fingerprint density at radius 2 is 1.58 bits per heavy atom. The summed E-state index contributed by atoms with van der Waals surface area (Å²) in [5.41, 5.74) is 2.91. The number of hydrogen-bond donors (Lipinski definition) is 2. The van der Waals surface area contributed by atoms with Crippen molar-refractivity contribution in [1.29, 1.82) is 0 Å². The van der Waals surface area contributed by atoms with Crippen molar-refractivity contribution in [2.24, 2.45) is 0 Å². The van der Waals surface area contributed by atoms with Gasteiger partial charge in [-0.2, -0.15) is 0 Å². The van der Waals surface area contributed by atoms with Gasteiger partial charge in [-0.15, -0.1) is 12.6 Å². The minimum atomic E-state index is 0. The van der Waals surface area contributed by atoms with E-state index < -0.39 is 0 Å². The van der Waals surface area contributed by atoms with Crippen LogP contribution in [0.15, 0.2) is 0 Å². The van der Waals surface area contributed by atoms with Gasteiger partial charge in [0.05, 0.1) is 0 Å². The lowest BCUT2D eigenvalue weighted by Gasteiger charge is -2.18. The molecule has 0 aliphatic heterocycles. The highest BCUT2D eigenvalue weighted by Gasteiger charge is 1.95. The van der Waals surface area contributed by atoms with E-state index >= 15 is 0 Å². The summed E-state index contributed by atoms with van der Waals surface area (Å²) in [6.07, 6.45) is 0. The molecule has 0 rings (SSSR count). The molecule has 0 amide bonds. The Morgan fingerprint density at radius 1 is 1.25 bits per heavy atom. The maximum absolute atomic E-state index is 4.72. The van der Waals surface area contributed by atoms with Crippen molar-refractivity contribution in [3.63, 3.8) is 0 Å². The maximum Gasteiger partial charge on any atom is 0.145 e. The first-order valence-corrected chi connectivity index (χ1v) is 3.80. The van der Waals surface area contributed by atoms with Crippen molar-refractivity contribution in [2.45, 2.75) is 13.8 Å². The molecule has 0 aromatic carbocycles. The molecule has 0 spiro atoms. The number of nitrogens with zero attached hydrogens (tertiary/aromatic N) is 1. The molecule has 0 saturated carbocycles. The molecule has 0 aliphatic rings. The Bertz CT molecular complexity index is 101. The van der Waals surface area contributed by atoms with Crippen LogP contribution in [0.3, 0.4) is 0 Å². The molecule has 0 bridgehead atoms. The molecule has 0 atom stereocenters. The first kappa shape index (κ1) is 22.7. The first-order valence-electron chi connectivity index (χ1n) is 2.95. The summed E-state index contributed by atoms with van der Waals surface area (Å²) in [5.74, 6) is 0. The van der Waals surface area contributed by atoms with Crippen LogP contribution in [0.1, 0.15) is 13.8 Å². The number of hydrazine groups is 1. The van der Waals surface area contributed by atoms with E-state index in [1.54, 1.807) is 0 Å². The summed E-state index contributed by atoms with van der Waals surface area (Å²) in [7, 11) is 0. The number of nitrogens with one attached hydrogen (secondary N) is 1. The van der Waals surface area contributed by atoms with E-state index in [2.05, 4.69) is 31.9 Å². The molecular weight excluding hydrogens is 200 g/mol. The van der Waals surface area contributed by atoms with Gasteiger partial charge in [0.2, 0.25) is 0 Å². The number of thiol groups is 1. The van der Waals surface area contributed by atoms with Crippen LogP contribution in [-0.4, -0.2) is 38.8 Å². The summed E-state index contributed by atoms with van der Waals surface area (Å²) in [6, 6.07) is 0. The Balaban J connectivity index is -0.000000107. The molecule has 0 saturated heterocycles. The lowest BCUT2D eigenvalue weighted by Crippen LogP contribution is -2.38. The minimum Gasteiger partial charge on any atom is -0.412 e. The van der Waals surface area contributed by atoms with E-state index in [4.69, 9.17) is 12.2 Å². The zero-order valence-electron chi connectivity index (χ0n) is 7.22. The van der Waals surface area contributed by atoms with Crippen LogP contribution >= 0.6 is 24.8 Å². The van der Waals surface area contributed by atoms with Crippen LogP contribution in [0.4, 0.5) is 0 Å². The molecule has 5 nitrogen and oxygen atoms in total. The largest absolute Gasteiger partial charge is 0.412 e. The van der Waals surface area contributed by atoms with Gasteiger partial charge in [-0.1, -0.05) is 26.1 Å². The van der Waals surface area contributed by atoms with E-state index in [9.17, 15) is 0 Å². The van der Waals surface area contributed by atoms with Gasteiger partial charge in [-0.25, -0.2) is 5.01 Å². The molecule has 0 aromatic heterocycles. The van der Waals surface area contributed by atoms with E-state index in [-0.39, 0.29) is 16.4 Å². The standard InChI is InChI=1S/C5H12N2S2.3H2O/c1-3-7(4-2)6-5(8)9;;;/h3-4H2,1-2H3,(H2,6,8,9);3*1H2. The SMILES string of the molecule is CCN(CC)NC(=S)S.O.O.O. The molecule has 0 radical (unpaired) electrons. The lowest BCUT2D eigenvalue weighted by molar-refractivity contribution is 0.267. The minimum absolute atomic E-state index is 0. The molecule has 78 valence electrons. The second kappa shape index (κ2) is 13.7. The third kappa shape index (κ3) is 12.7. The van der Waals surface area contributed by atoms with Gasteiger partial charge >= 0.3 is 0 Å². The van der Waals surface area contributed by atoms with Crippen LogP contribution < -0.4 is 5.43 Å². The molecule has 0 heterocycles. The maximum atomic E-state index is 4.72. The highest BCUT2D eigenvalue weighted by atomic mass is 32.1. The van der Waals surface area contributed by atoms with Crippen molar-refractivity contribution in [3.05, 3.63) is 0 Å². The summed E-state index contributed by atoms with van der Waals surface area (Å²) < 4.78 is 0.527. The van der Waals surface area contributed by atoms with Crippen LogP contribution in [-0.2, 0) is 0 Å². The van der Waals surface area contributed by atoms with Crippen molar-refractivity contribution >= 4 is 29.2 Å².